The third kappa shape index (κ3) is 1.25. The van der Waals surface area contributed by atoms with E-state index in [1.165, 1.54) is 6.20 Å². The molecule has 0 saturated heterocycles. The molecule has 0 amide bonds. The normalized spacial score (nSPS) is 12.0. The van der Waals surface area contributed by atoms with Crippen LogP contribution >= 0.6 is 0 Å². The predicted molar refractivity (Wildman–Crippen MR) is 39.3 cm³/mol. The van der Waals surface area contributed by atoms with E-state index in [0.29, 0.717) is 5.56 Å². The quantitative estimate of drug-likeness (QED) is 0.522. The summed E-state index contributed by atoms with van der Waals surface area (Å²) in [6.45, 7) is 1.58. The van der Waals surface area contributed by atoms with Crippen LogP contribution in [0.25, 0.3) is 0 Å². The van der Waals surface area contributed by atoms with Crippen molar-refractivity contribution in [1.29, 1.82) is 5.26 Å². The number of nitro groups is 1. The molecule has 1 aromatic heterocycles. The lowest BCUT2D eigenvalue weighted by atomic mass is 10.1. The number of H-pyrrole nitrogens is 1. The summed E-state index contributed by atoms with van der Waals surface area (Å²) in [5.41, 5.74) is 0.322. The smallest absolute Gasteiger partial charge is 0.347 e. The summed E-state index contributed by atoms with van der Waals surface area (Å²) < 4.78 is 0. The average molecular weight is 166 g/mol. The van der Waals surface area contributed by atoms with E-state index in [4.69, 9.17) is 5.26 Å². The van der Waals surface area contributed by atoms with Gasteiger partial charge in [-0.2, -0.15) is 5.26 Å². The van der Waals surface area contributed by atoms with Crippen molar-refractivity contribution in [3.8, 4) is 6.07 Å². The van der Waals surface area contributed by atoms with Crippen molar-refractivity contribution in [2.75, 3.05) is 0 Å². The Morgan fingerprint density at radius 2 is 2.58 bits per heavy atom. The lowest BCUT2D eigenvalue weighted by Crippen LogP contribution is -1.95. The molecule has 0 fully saturated rings. The molecule has 0 aromatic carbocycles. The monoisotopic (exact) mass is 166 g/mol. The zero-order chi connectivity index (χ0) is 9.14. The number of nitriles is 1. The van der Waals surface area contributed by atoms with Crippen LogP contribution < -0.4 is 0 Å². The Morgan fingerprint density at radius 1 is 1.92 bits per heavy atom. The summed E-state index contributed by atoms with van der Waals surface area (Å²) in [5.74, 6) is -0.715. The molecule has 0 saturated carbocycles. The van der Waals surface area contributed by atoms with Crippen LogP contribution in [-0.4, -0.2) is 15.1 Å². The molecule has 6 heteroatoms. The van der Waals surface area contributed by atoms with Crippen molar-refractivity contribution in [2.45, 2.75) is 12.8 Å². The molecule has 0 aliphatic rings. The van der Waals surface area contributed by atoms with Gasteiger partial charge in [0, 0.05) is 0 Å². The van der Waals surface area contributed by atoms with Crippen LogP contribution in [0.1, 0.15) is 18.4 Å². The first-order valence-corrected chi connectivity index (χ1v) is 3.24. The molecule has 1 heterocycles. The zero-order valence-corrected chi connectivity index (χ0v) is 6.31. The van der Waals surface area contributed by atoms with E-state index < -0.39 is 10.8 Å². The molecule has 0 bridgehead atoms. The molecule has 6 nitrogen and oxygen atoms in total. The Kier molecular flexibility index (Phi) is 2.05. The molecule has 1 rings (SSSR count). The highest BCUT2D eigenvalue weighted by molar-refractivity contribution is 5.35. The van der Waals surface area contributed by atoms with Gasteiger partial charge in [-0.05, 0) is 11.8 Å². The largest absolute Gasteiger partial charge is 0.358 e. The summed E-state index contributed by atoms with van der Waals surface area (Å²) in [4.78, 5) is 9.74. The number of aromatic nitrogens is 2. The molecule has 1 N–H and O–H groups in total. The minimum absolute atomic E-state index is 0.205. The predicted octanol–water partition coefficient (Wildman–Crippen LogP) is 0.945. The Labute approximate surface area is 68.0 Å². The van der Waals surface area contributed by atoms with Gasteiger partial charge in [-0.15, -0.1) is 5.10 Å². The molecule has 0 aliphatic carbocycles. The standard InChI is InChI=1S/C6H6N4O2/c1-4(2-7)5-3-8-9-6(5)10(11)12/h3-4H,1H3,(H,8,9). The first kappa shape index (κ1) is 8.20. The van der Waals surface area contributed by atoms with Crippen LogP contribution in [-0.2, 0) is 0 Å². The van der Waals surface area contributed by atoms with Gasteiger partial charge in [0.25, 0.3) is 0 Å². The number of hydrogen-bond acceptors (Lipinski definition) is 4. The molecular formula is C6H6N4O2. The molecule has 0 spiro atoms. The molecule has 1 aromatic rings. The van der Waals surface area contributed by atoms with Gasteiger partial charge in [0.1, 0.15) is 0 Å². The van der Waals surface area contributed by atoms with Crippen molar-refractivity contribution in [1.82, 2.24) is 10.2 Å². The number of aromatic amines is 1. The minimum Gasteiger partial charge on any atom is -0.358 e. The lowest BCUT2D eigenvalue weighted by Gasteiger charge is -1.96. The SMILES string of the molecule is CC(C#N)c1cn[nH]c1[N+](=O)[O-]. The van der Waals surface area contributed by atoms with Crippen molar-refractivity contribution in [3.05, 3.63) is 21.9 Å². The van der Waals surface area contributed by atoms with E-state index in [0.717, 1.165) is 0 Å². The van der Waals surface area contributed by atoms with Gasteiger partial charge in [-0.25, -0.2) is 0 Å². The van der Waals surface area contributed by atoms with Gasteiger partial charge >= 0.3 is 5.82 Å². The Hall–Kier alpha value is -1.90. The van der Waals surface area contributed by atoms with E-state index in [-0.39, 0.29) is 5.82 Å². The summed E-state index contributed by atoms with van der Waals surface area (Å²) in [6, 6.07) is 1.90. The van der Waals surface area contributed by atoms with Gasteiger partial charge in [0.15, 0.2) is 0 Å². The lowest BCUT2D eigenvalue weighted by molar-refractivity contribution is -0.390. The van der Waals surface area contributed by atoms with E-state index in [9.17, 15) is 10.1 Å². The fraction of sp³-hybridized carbons (Fsp3) is 0.333. The van der Waals surface area contributed by atoms with Gasteiger partial charge in [-0.3, -0.25) is 0 Å². The Bertz CT molecular complexity index is 338. The van der Waals surface area contributed by atoms with Gasteiger partial charge in [0.05, 0.1) is 23.7 Å². The molecule has 1 unspecified atom stereocenters. The highest BCUT2D eigenvalue weighted by Crippen LogP contribution is 2.22. The molecule has 0 aliphatic heterocycles. The minimum atomic E-state index is -0.587. The fourth-order valence-corrected chi connectivity index (χ4v) is 0.821. The van der Waals surface area contributed by atoms with Crippen LogP contribution in [0, 0.1) is 21.4 Å². The second-order valence-corrected chi connectivity index (χ2v) is 2.28. The van der Waals surface area contributed by atoms with Gasteiger partial charge in [-0.1, -0.05) is 5.10 Å². The first-order chi connectivity index (χ1) is 5.66. The summed E-state index contributed by atoms with van der Waals surface area (Å²) in [7, 11) is 0. The van der Waals surface area contributed by atoms with Crippen molar-refractivity contribution >= 4 is 5.82 Å². The molecule has 62 valence electrons. The maximum absolute atomic E-state index is 10.3. The maximum Gasteiger partial charge on any atom is 0.347 e. The number of nitrogens with zero attached hydrogens (tertiary/aromatic N) is 3. The third-order valence-electron chi connectivity index (χ3n) is 1.49. The highest BCUT2D eigenvalue weighted by Gasteiger charge is 2.19. The van der Waals surface area contributed by atoms with Crippen molar-refractivity contribution < 1.29 is 4.92 Å². The van der Waals surface area contributed by atoms with Crippen molar-refractivity contribution in [3.63, 3.8) is 0 Å². The summed E-state index contributed by atoms with van der Waals surface area (Å²) >= 11 is 0. The van der Waals surface area contributed by atoms with E-state index >= 15 is 0 Å². The third-order valence-corrected chi connectivity index (χ3v) is 1.49. The number of rotatable bonds is 2. The average Bonchev–Trinajstić information content (AvgIpc) is 2.50. The topological polar surface area (TPSA) is 95.6 Å². The van der Waals surface area contributed by atoms with Crippen molar-refractivity contribution in [2.24, 2.45) is 0 Å². The van der Waals surface area contributed by atoms with Gasteiger partial charge < -0.3 is 10.1 Å². The van der Waals surface area contributed by atoms with Crippen LogP contribution in [0.5, 0.6) is 0 Å². The first-order valence-electron chi connectivity index (χ1n) is 3.24. The van der Waals surface area contributed by atoms with Crippen LogP contribution in [0.3, 0.4) is 0 Å². The summed E-state index contributed by atoms with van der Waals surface area (Å²) in [6.07, 6.45) is 1.30. The zero-order valence-electron chi connectivity index (χ0n) is 6.31. The van der Waals surface area contributed by atoms with Gasteiger partial charge in [0.2, 0.25) is 0 Å². The fourth-order valence-electron chi connectivity index (χ4n) is 0.821. The van der Waals surface area contributed by atoms with Crippen LogP contribution in [0.15, 0.2) is 6.20 Å². The molecule has 0 radical (unpaired) electrons. The number of nitrogens with one attached hydrogen (secondary N) is 1. The van der Waals surface area contributed by atoms with Crippen LogP contribution in [0.2, 0.25) is 0 Å². The Balaban J connectivity index is 3.09. The molecular weight excluding hydrogens is 160 g/mol. The second kappa shape index (κ2) is 3.00. The van der Waals surface area contributed by atoms with E-state index in [1.807, 2.05) is 6.07 Å². The molecule has 1 atom stereocenters. The second-order valence-electron chi connectivity index (χ2n) is 2.28. The van der Waals surface area contributed by atoms with Crippen LogP contribution in [0.4, 0.5) is 5.82 Å². The van der Waals surface area contributed by atoms with E-state index in [1.54, 1.807) is 6.92 Å². The Morgan fingerprint density at radius 3 is 3.08 bits per heavy atom. The highest BCUT2D eigenvalue weighted by atomic mass is 16.6. The number of hydrogen-bond donors (Lipinski definition) is 1. The van der Waals surface area contributed by atoms with E-state index in [2.05, 4.69) is 10.2 Å². The summed E-state index contributed by atoms with van der Waals surface area (Å²) in [5, 5.41) is 24.5. The molecule has 12 heavy (non-hydrogen) atoms. The maximum atomic E-state index is 10.3.